The number of ether oxygens (including phenoxy) is 1. The molecule has 0 spiro atoms. The molecule has 0 radical (unpaired) electrons. The Bertz CT molecular complexity index is 778. The minimum atomic E-state index is -0.785. The van der Waals surface area contributed by atoms with Crippen LogP contribution >= 0.6 is 0 Å². The standard InChI is InChI=1S/C26H40O6/c1-14(5-8-23(30)31)18-6-7-19-24-20(13-22(29)26(18,19)4)25(3)10-9-17(28)11-16(25)12-21(24)32-15(2)27/h14,16-21,24,28H,5-13H2,1-4H3,(H,30,31)/t14-,16-,17+,18+,19-,20-,21+,24-,25-,26+/m0/s1. The molecule has 4 rings (SSSR count). The lowest BCUT2D eigenvalue weighted by atomic mass is 9.43. The molecular weight excluding hydrogens is 408 g/mol. The predicted molar refractivity (Wildman–Crippen MR) is 119 cm³/mol. The highest BCUT2D eigenvalue weighted by Gasteiger charge is 2.66. The van der Waals surface area contributed by atoms with Gasteiger partial charge in [0.2, 0.25) is 0 Å². The number of fused-ring (bicyclic) bond motifs is 5. The van der Waals surface area contributed by atoms with Gasteiger partial charge in [-0.3, -0.25) is 14.4 Å². The zero-order valence-corrected chi connectivity index (χ0v) is 20.0. The average Bonchev–Trinajstić information content (AvgIpc) is 3.06. The number of rotatable bonds is 5. The topological polar surface area (TPSA) is 101 Å². The minimum Gasteiger partial charge on any atom is -0.481 e. The summed E-state index contributed by atoms with van der Waals surface area (Å²) in [6.07, 6.45) is 5.80. The molecule has 0 aromatic rings. The van der Waals surface area contributed by atoms with E-state index in [0.717, 1.165) is 38.5 Å². The maximum atomic E-state index is 13.8. The Morgan fingerprint density at radius 2 is 1.88 bits per heavy atom. The van der Waals surface area contributed by atoms with Gasteiger partial charge in [0.1, 0.15) is 11.9 Å². The largest absolute Gasteiger partial charge is 0.481 e. The number of aliphatic hydroxyl groups excluding tert-OH is 1. The van der Waals surface area contributed by atoms with Crippen LogP contribution in [0.4, 0.5) is 0 Å². The summed E-state index contributed by atoms with van der Waals surface area (Å²) in [5, 5.41) is 19.5. The van der Waals surface area contributed by atoms with Crippen LogP contribution < -0.4 is 0 Å². The van der Waals surface area contributed by atoms with Gasteiger partial charge >= 0.3 is 11.9 Å². The molecule has 0 heterocycles. The van der Waals surface area contributed by atoms with Crippen LogP contribution in [0.3, 0.4) is 0 Å². The second-order valence-corrected chi connectivity index (χ2v) is 11.8. The van der Waals surface area contributed by atoms with Gasteiger partial charge in [-0.2, -0.15) is 0 Å². The second kappa shape index (κ2) is 8.41. The molecule has 10 atom stereocenters. The second-order valence-electron chi connectivity index (χ2n) is 11.8. The van der Waals surface area contributed by atoms with Crippen molar-refractivity contribution in [2.45, 2.75) is 97.7 Å². The number of esters is 1. The lowest BCUT2D eigenvalue weighted by Crippen LogP contribution is -2.61. The highest BCUT2D eigenvalue weighted by molar-refractivity contribution is 5.87. The fourth-order valence-corrected chi connectivity index (χ4v) is 8.72. The third kappa shape index (κ3) is 3.70. The van der Waals surface area contributed by atoms with E-state index < -0.39 is 11.4 Å². The van der Waals surface area contributed by atoms with E-state index >= 15 is 0 Å². The van der Waals surface area contributed by atoms with Crippen LogP contribution in [0.25, 0.3) is 0 Å². The van der Waals surface area contributed by atoms with E-state index in [-0.39, 0.29) is 65.5 Å². The summed E-state index contributed by atoms with van der Waals surface area (Å²) >= 11 is 0. The highest BCUT2D eigenvalue weighted by atomic mass is 16.5. The molecule has 0 amide bonds. The molecule has 0 unspecified atom stereocenters. The minimum absolute atomic E-state index is 0.00938. The van der Waals surface area contributed by atoms with E-state index in [4.69, 9.17) is 9.84 Å². The Hall–Kier alpha value is -1.43. The summed E-state index contributed by atoms with van der Waals surface area (Å²) in [4.78, 5) is 37.0. The van der Waals surface area contributed by atoms with E-state index in [1.165, 1.54) is 6.92 Å². The average molecular weight is 449 g/mol. The molecule has 0 aromatic heterocycles. The molecule has 4 aliphatic carbocycles. The van der Waals surface area contributed by atoms with Gasteiger partial charge in [0.25, 0.3) is 0 Å². The van der Waals surface area contributed by atoms with E-state index in [0.29, 0.717) is 18.6 Å². The van der Waals surface area contributed by atoms with E-state index in [1.54, 1.807) is 0 Å². The molecule has 0 saturated heterocycles. The molecule has 32 heavy (non-hydrogen) atoms. The third-order valence-corrected chi connectivity index (χ3v) is 10.4. The summed E-state index contributed by atoms with van der Waals surface area (Å²) in [6.45, 7) is 8.00. The lowest BCUT2D eigenvalue weighted by molar-refractivity contribution is -0.194. The first-order valence-corrected chi connectivity index (χ1v) is 12.6. The van der Waals surface area contributed by atoms with Crippen molar-refractivity contribution in [2.75, 3.05) is 0 Å². The first-order valence-electron chi connectivity index (χ1n) is 12.6. The van der Waals surface area contributed by atoms with Gasteiger partial charge in [-0.1, -0.05) is 20.8 Å². The predicted octanol–water partition coefficient (Wildman–Crippen LogP) is 4.23. The highest BCUT2D eigenvalue weighted by Crippen LogP contribution is 2.67. The zero-order chi connectivity index (χ0) is 23.4. The van der Waals surface area contributed by atoms with Crippen molar-refractivity contribution in [1.82, 2.24) is 0 Å². The number of ketones is 1. The Morgan fingerprint density at radius 3 is 2.53 bits per heavy atom. The summed E-state index contributed by atoms with van der Waals surface area (Å²) in [5.41, 5.74) is -0.487. The zero-order valence-electron chi connectivity index (χ0n) is 20.0. The van der Waals surface area contributed by atoms with Gasteiger partial charge in [0, 0.05) is 31.1 Å². The van der Waals surface area contributed by atoms with E-state index in [2.05, 4.69) is 20.8 Å². The smallest absolute Gasteiger partial charge is 0.303 e. The SMILES string of the molecule is CC(=O)O[C@@H]1C[C@@H]2C[C@H](O)CC[C@]2(C)[C@H]2CC(=O)[C@]3(C)[C@@H]([C@@H](C)CCC(=O)O)CC[C@H]3[C@H]12. The number of hydrogen-bond acceptors (Lipinski definition) is 5. The van der Waals surface area contributed by atoms with Crippen LogP contribution in [0.15, 0.2) is 0 Å². The van der Waals surface area contributed by atoms with Crippen molar-refractivity contribution in [1.29, 1.82) is 0 Å². The third-order valence-electron chi connectivity index (χ3n) is 10.4. The van der Waals surface area contributed by atoms with Crippen molar-refractivity contribution in [2.24, 2.45) is 46.3 Å². The molecule has 0 bridgehead atoms. The van der Waals surface area contributed by atoms with Crippen LogP contribution in [0.1, 0.15) is 85.5 Å². The molecule has 4 fully saturated rings. The number of carbonyl (C=O) groups excluding carboxylic acids is 2. The number of carbonyl (C=O) groups is 3. The maximum absolute atomic E-state index is 13.8. The fraction of sp³-hybridized carbons (Fsp3) is 0.885. The molecule has 0 aliphatic heterocycles. The van der Waals surface area contributed by atoms with Gasteiger partial charge in [0.15, 0.2) is 0 Å². The van der Waals surface area contributed by atoms with Crippen LogP contribution in [0, 0.1) is 46.3 Å². The van der Waals surface area contributed by atoms with Gasteiger partial charge in [0.05, 0.1) is 6.10 Å². The number of Topliss-reactive ketones (excluding diaryl/α,β-unsaturated/α-hetero) is 1. The number of carboxylic acids is 1. The maximum Gasteiger partial charge on any atom is 0.303 e. The Balaban J connectivity index is 1.67. The van der Waals surface area contributed by atoms with Crippen molar-refractivity contribution in [3.63, 3.8) is 0 Å². The summed E-state index contributed by atoms with van der Waals surface area (Å²) in [7, 11) is 0. The molecule has 4 aliphatic rings. The van der Waals surface area contributed by atoms with Gasteiger partial charge in [-0.25, -0.2) is 0 Å². The number of aliphatic carboxylic acids is 1. The molecule has 6 heteroatoms. The molecule has 180 valence electrons. The van der Waals surface area contributed by atoms with Crippen LogP contribution in [-0.2, 0) is 19.1 Å². The normalized spacial score (nSPS) is 46.5. The van der Waals surface area contributed by atoms with Gasteiger partial charge < -0.3 is 14.9 Å². The van der Waals surface area contributed by atoms with Crippen molar-refractivity contribution < 1.29 is 29.3 Å². The van der Waals surface area contributed by atoms with Crippen molar-refractivity contribution in [3.8, 4) is 0 Å². The number of aliphatic hydroxyl groups is 1. The number of hydrogen-bond donors (Lipinski definition) is 2. The van der Waals surface area contributed by atoms with Crippen LogP contribution in [-0.4, -0.2) is 40.1 Å². The Morgan fingerprint density at radius 1 is 1.16 bits per heavy atom. The van der Waals surface area contributed by atoms with Crippen molar-refractivity contribution >= 4 is 17.7 Å². The van der Waals surface area contributed by atoms with E-state index in [1.807, 2.05) is 0 Å². The van der Waals surface area contributed by atoms with Crippen LogP contribution in [0.2, 0.25) is 0 Å². The Kier molecular flexibility index (Phi) is 6.23. The quantitative estimate of drug-likeness (QED) is 0.611. The van der Waals surface area contributed by atoms with Crippen molar-refractivity contribution in [3.05, 3.63) is 0 Å². The summed E-state index contributed by atoms with van der Waals surface area (Å²) < 4.78 is 5.94. The Labute approximate surface area is 191 Å². The van der Waals surface area contributed by atoms with Gasteiger partial charge in [-0.05, 0) is 80.0 Å². The molecule has 2 N–H and O–H groups in total. The lowest BCUT2D eigenvalue weighted by Gasteiger charge is -2.62. The summed E-state index contributed by atoms with van der Waals surface area (Å²) in [5.74, 6) is 0.390. The van der Waals surface area contributed by atoms with E-state index in [9.17, 15) is 19.5 Å². The fourth-order valence-electron chi connectivity index (χ4n) is 8.72. The van der Waals surface area contributed by atoms with Crippen LogP contribution in [0.5, 0.6) is 0 Å². The monoisotopic (exact) mass is 448 g/mol. The molecule has 4 saturated carbocycles. The molecular formula is C26H40O6. The number of carboxylic acid groups (broad SMARTS) is 1. The van der Waals surface area contributed by atoms with Gasteiger partial charge in [-0.15, -0.1) is 0 Å². The molecule has 6 nitrogen and oxygen atoms in total. The molecule has 0 aromatic carbocycles. The first kappa shape index (κ1) is 23.7. The summed E-state index contributed by atoms with van der Waals surface area (Å²) in [6, 6.07) is 0. The first-order chi connectivity index (χ1) is 15.0.